The molecule has 13 heteroatoms. The highest BCUT2D eigenvalue weighted by Crippen LogP contribution is 2.16. The topological polar surface area (TPSA) is 118 Å². The van der Waals surface area contributed by atoms with Gasteiger partial charge in [-0.3, -0.25) is 14.4 Å². The number of Topliss-reactive ketones (excluding diaryl/α,β-unsaturated/α-hetero) is 1. The van der Waals surface area contributed by atoms with E-state index in [9.17, 15) is 19.2 Å². The van der Waals surface area contributed by atoms with Gasteiger partial charge in [-0.2, -0.15) is 0 Å². The van der Waals surface area contributed by atoms with Gasteiger partial charge in [0.15, 0.2) is 6.29 Å². The third kappa shape index (κ3) is 31.9. The molecule has 7 aromatic rings. The van der Waals surface area contributed by atoms with Crippen LogP contribution in [0.25, 0.3) is 6.08 Å². The number of nitrogens with zero attached hydrogens (tertiary/aromatic N) is 3. The Morgan fingerprint density at radius 1 is 0.603 bits per heavy atom. The van der Waals surface area contributed by atoms with Crippen molar-refractivity contribution in [2.75, 3.05) is 18.9 Å². The van der Waals surface area contributed by atoms with E-state index in [2.05, 4.69) is 125 Å². The Hall–Kier alpha value is -6.20. The van der Waals surface area contributed by atoms with Crippen LogP contribution in [0.5, 0.6) is 0 Å². The molecule has 4 aromatic carbocycles. The van der Waals surface area contributed by atoms with E-state index in [1.54, 1.807) is 19.1 Å². The van der Waals surface area contributed by atoms with Crippen molar-refractivity contribution in [2.24, 2.45) is 5.73 Å². The maximum absolute atomic E-state index is 11.2. The largest absolute Gasteiger partial charge is 0.466 e. The summed E-state index contributed by atoms with van der Waals surface area (Å²) >= 11 is 20.8. The van der Waals surface area contributed by atoms with Gasteiger partial charge in [0.05, 0.1) is 18.2 Å². The number of ketones is 1. The fourth-order valence-corrected chi connectivity index (χ4v) is 7.11. The van der Waals surface area contributed by atoms with Crippen LogP contribution in [0.4, 0.5) is 0 Å². The number of hydrogen-bond acceptors (Lipinski definition) is 6. The van der Waals surface area contributed by atoms with Gasteiger partial charge in [0, 0.05) is 92.3 Å². The summed E-state index contributed by atoms with van der Waals surface area (Å²) in [6, 6.07) is 53.4. The molecular weight excluding hydrogens is 1060 g/mol. The van der Waals surface area contributed by atoms with E-state index in [1.807, 2.05) is 91.9 Å². The van der Waals surface area contributed by atoms with Gasteiger partial charge in [-0.05, 0) is 95.6 Å². The summed E-state index contributed by atoms with van der Waals surface area (Å²) in [5.41, 5.74) is 16.0. The second-order valence-electron chi connectivity index (χ2n) is 16.5. The lowest BCUT2D eigenvalue weighted by Gasteiger charge is -2.11. The maximum Gasteiger partial charge on any atom is 0.330 e. The highest BCUT2D eigenvalue weighted by atomic mass is 35.5. The Morgan fingerprint density at radius 2 is 1.01 bits per heavy atom. The Morgan fingerprint density at radius 3 is 1.36 bits per heavy atom. The highest BCUT2D eigenvalue weighted by Gasteiger charge is 2.09. The molecule has 0 aliphatic rings. The van der Waals surface area contributed by atoms with E-state index >= 15 is 0 Å². The van der Waals surface area contributed by atoms with Gasteiger partial charge in [0.25, 0.3) is 0 Å². The fourth-order valence-electron chi connectivity index (χ4n) is 6.82. The third-order valence-corrected chi connectivity index (χ3v) is 12.3. The van der Waals surface area contributed by atoms with Crippen molar-refractivity contribution in [3.05, 3.63) is 233 Å². The van der Waals surface area contributed by atoms with Gasteiger partial charge >= 0.3 is 5.97 Å². The van der Waals surface area contributed by atoms with Crippen molar-refractivity contribution in [1.29, 1.82) is 0 Å². The van der Waals surface area contributed by atoms with Crippen molar-refractivity contribution < 1.29 is 23.9 Å². The second kappa shape index (κ2) is 46.9. The molecule has 0 amide bonds. The SMILES string of the molecule is C.C.C=CCCl.CCC(=O)CC(Cl)CCl.CCC(=O)Cl.CCc1ccc(/C=C/C(=O)OC)n1Cc1ccccc1.CCc1ccc(C=O)n1Cc1ccccc1.CCc1cccn1Cc1ccccc1.NCc1ccccc1. The molecular formula is C65H86Cl4N4O5. The van der Waals surface area contributed by atoms with Crippen molar-refractivity contribution >= 4 is 75.8 Å². The smallest absolute Gasteiger partial charge is 0.330 e. The molecule has 0 spiro atoms. The summed E-state index contributed by atoms with van der Waals surface area (Å²) in [5, 5.41) is -0.455. The summed E-state index contributed by atoms with van der Waals surface area (Å²) in [7, 11) is 1.38. The summed E-state index contributed by atoms with van der Waals surface area (Å²) in [4.78, 5) is 42.4. The number of alkyl halides is 3. The standard InChI is InChI=1S/C17H19NO2.C14H15NO.C13H15N.C7H9N.C6H10Cl2O.C3H5ClO.C3H5Cl.2CH4/c1-3-15-9-10-16(11-12-17(19)20-2)18(15)13-14-7-5-4-6-8-14;1-2-13-8-9-14(11-16)15(13)10-12-6-4-3-5-7-12;1-2-13-9-6-10-14(13)11-12-7-4-3-5-8-12;8-6-7-4-2-1-3-5-7;1-2-6(9)3-5(8)4-7;1-2-3(4)5;1-2-3-4;;/h4-12H,3,13H2,1-2H3;3-9,11H,2,10H2,1H3;3-10H,2,11H2,1H3;1-5H,6,8H2;5H,2-4H2,1H3;2H2,1H3;2H,1,3H2;2*1H4/b12-11+;;;;;;;;. The van der Waals surface area contributed by atoms with Crippen LogP contribution in [0.15, 0.2) is 183 Å². The summed E-state index contributed by atoms with van der Waals surface area (Å²) in [6.07, 6.45) is 12.3. The van der Waals surface area contributed by atoms with E-state index in [-0.39, 0.29) is 37.2 Å². The number of aldehydes is 1. The lowest BCUT2D eigenvalue weighted by molar-refractivity contribution is -0.134. The number of benzene rings is 4. The van der Waals surface area contributed by atoms with Gasteiger partial charge in [-0.1, -0.05) is 177 Å². The number of nitrogens with two attached hydrogens (primary N) is 1. The zero-order chi connectivity index (χ0) is 56.4. The lowest BCUT2D eigenvalue weighted by atomic mass is 10.2. The van der Waals surface area contributed by atoms with Gasteiger partial charge in [0.1, 0.15) is 5.78 Å². The average Bonchev–Trinajstić information content (AvgIpc) is 4.22. The number of carbonyl (C=O) groups excluding carboxylic acids is 4. The minimum atomic E-state index is -0.337. The zero-order valence-electron chi connectivity index (χ0n) is 45.1. The van der Waals surface area contributed by atoms with E-state index in [0.29, 0.717) is 37.6 Å². The number of rotatable bonds is 19. The van der Waals surface area contributed by atoms with Gasteiger partial charge in [-0.25, -0.2) is 4.79 Å². The van der Waals surface area contributed by atoms with Crippen molar-refractivity contribution in [3.63, 3.8) is 0 Å². The summed E-state index contributed by atoms with van der Waals surface area (Å²) in [6.45, 7) is 16.5. The first-order valence-electron chi connectivity index (χ1n) is 25.5. The van der Waals surface area contributed by atoms with E-state index in [4.69, 9.17) is 52.1 Å². The van der Waals surface area contributed by atoms with Crippen LogP contribution in [0.1, 0.15) is 124 Å². The Bertz CT molecular complexity index is 2650. The molecule has 1 atom stereocenters. The minimum absolute atomic E-state index is 0. The van der Waals surface area contributed by atoms with Crippen LogP contribution >= 0.6 is 46.4 Å². The maximum atomic E-state index is 11.2. The van der Waals surface area contributed by atoms with E-state index in [0.717, 1.165) is 56.6 Å². The molecule has 3 aromatic heterocycles. The number of hydrogen-bond donors (Lipinski definition) is 1. The highest BCUT2D eigenvalue weighted by molar-refractivity contribution is 6.63. The molecule has 9 nitrogen and oxygen atoms in total. The number of carbonyl (C=O) groups is 4. The molecule has 0 radical (unpaired) electrons. The van der Waals surface area contributed by atoms with Gasteiger partial charge < -0.3 is 24.2 Å². The lowest BCUT2D eigenvalue weighted by Crippen LogP contribution is -2.07. The van der Waals surface area contributed by atoms with Crippen LogP contribution < -0.4 is 5.73 Å². The molecule has 0 aliphatic heterocycles. The molecule has 0 saturated heterocycles. The predicted molar refractivity (Wildman–Crippen MR) is 335 cm³/mol. The Balaban J connectivity index is 0. The number of esters is 1. The number of ether oxygens (including phenoxy) is 1. The Kier molecular flexibility index (Phi) is 44.4. The number of halogens is 4. The second-order valence-corrected chi connectivity index (χ2v) is 18.1. The molecule has 0 saturated carbocycles. The number of aryl methyl sites for hydroxylation is 3. The van der Waals surface area contributed by atoms with Crippen LogP contribution in [-0.4, -0.2) is 61.2 Å². The number of allylic oxidation sites excluding steroid dienone is 1. The van der Waals surface area contributed by atoms with E-state index < -0.39 is 0 Å². The normalized spacial score (nSPS) is 10.0. The quantitative estimate of drug-likeness (QED) is 0.0215. The summed E-state index contributed by atoms with van der Waals surface area (Å²) < 4.78 is 11.2. The van der Waals surface area contributed by atoms with Crippen molar-refractivity contribution in [1.82, 2.24) is 13.7 Å². The van der Waals surface area contributed by atoms with Crippen molar-refractivity contribution in [3.8, 4) is 0 Å². The van der Waals surface area contributed by atoms with Crippen LogP contribution in [0.2, 0.25) is 0 Å². The molecule has 424 valence electrons. The van der Waals surface area contributed by atoms with E-state index in [1.165, 1.54) is 52.5 Å². The zero-order valence-corrected chi connectivity index (χ0v) is 48.2. The Labute approximate surface area is 488 Å². The molecule has 0 aliphatic carbocycles. The van der Waals surface area contributed by atoms with Crippen LogP contribution in [0.3, 0.4) is 0 Å². The predicted octanol–water partition coefficient (Wildman–Crippen LogP) is 16.5. The molecule has 0 bridgehead atoms. The number of methoxy groups -OCH3 is 1. The van der Waals surface area contributed by atoms with Gasteiger partial charge in [0.2, 0.25) is 5.24 Å². The third-order valence-electron chi connectivity index (χ3n) is 11.0. The van der Waals surface area contributed by atoms with Crippen LogP contribution in [0, 0.1) is 0 Å². The molecule has 7 rings (SSSR count). The molecule has 2 N–H and O–H groups in total. The molecule has 78 heavy (non-hydrogen) atoms. The first kappa shape index (κ1) is 73.9. The molecule has 3 heterocycles. The first-order chi connectivity index (χ1) is 36.8. The molecule has 1 unspecified atom stereocenters. The van der Waals surface area contributed by atoms with Crippen molar-refractivity contribution in [2.45, 2.75) is 120 Å². The van der Waals surface area contributed by atoms with Crippen LogP contribution in [-0.2, 0) is 64.6 Å². The summed E-state index contributed by atoms with van der Waals surface area (Å²) in [5.74, 6) is 0.749. The fraction of sp³-hybridized carbons (Fsp3) is 0.323. The molecule has 0 fully saturated rings. The van der Waals surface area contributed by atoms with Gasteiger partial charge in [-0.15, -0.1) is 41.4 Å². The average molecular weight is 1150 g/mol. The number of aromatic nitrogens is 3. The first-order valence-corrected chi connectivity index (χ1v) is 27.3. The minimum Gasteiger partial charge on any atom is -0.466 e. The monoisotopic (exact) mass is 1140 g/mol.